The second-order valence-corrected chi connectivity index (χ2v) is 10.2. The summed E-state index contributed by atoms with van der Waals surface area (Å²) in [6, 6.07) is 12.3. The van der Waals surface area contributed by atoms with E-state index in [0.717, 1.165) is 29.0 Å². The van der Waals surface area contributed by atoms with E-state index >= 15 is 0 Å². The quantitative estimate of drug-likeness (QED) is 0.490. The van der Waals surface area contributed by atoms with E-state index in [1.807, 2.05) is 19.2 Å². The molecule has 2 aliphatic rings. The Bertz CT molecular complexity index is 1240. The first kappa shape index (κ1) is 22.5. The van der Waals surface area contributed by atoms with Gasteiger partial charge in [-0.3, -0.25) is 19.3 Å². The van der Waals surface area contributed by atoms with E-state index in [1.54, 1.807) is 24.3 Å². The summed E-state index contributed by atoms with van der Waals surface area (Å²) in [6.07, 6.45) is 5.05. The lowest BCUT2D eigenvalue weighted by atomic mass is 9.90. The van der Waals surface area contributed by atoms with Crippen molar-refractivity contribution in [1.29, 1.82) is 0 Å². The average molecular weight is 474 g/mol. The van der Waals surface area contributed by atoms with Gasteiger partial charge >= 0.3 is 0 Å². The summed E-state index contributed by atoms with van der Waals surface area (Å²) < 4.78 is 0. The van der Waals surface area contributed by atoms with Gasteiger partial charge in [0.15, 0.2) is 5.13 Å². The van der Waals surface area contributed by atoms with Crippen molar-refractivity contribution in [2.24, 2.45) is 5.92 Å². The Morgan fingerprint density at radius 3 is 2.38 bits per heavy atom. The highest BCUT2D eigenvalue weighted by molar-refractivity contribution is 7.14. The second kappa shape index (κ2) is 9.14. The van der Waals surface area contributed by atoms with Crippen LogP contribution in [-0.2, 0) is 17.6 Å². The summed E-state index contributed by atoms with van der Waals surface area (Å²) in [5.74, 6) is -1.12. The number of fused-ring (bicyclic) bond motifs is 2. The first-order valence-corrected chi connectivity index (χ1v) is 12.7. The fourth-order valence-electron chi connectivity index (χ4n) is 4.81. The van der Waals surface area contributed by atoms with Crippen LogP contribution in [0, 0.1) is 5.92 Å². The monoisotopic (exact) mass is 473 g/mol. The van der Waals surface area contributed by atoms with E-state index in [0.29, 0.717) is 22.7 Å². The Balaban J connectivity index is 1.37. The Hall–Kier alpha value is -3.32. The summed E-state index contributed by atoms with van der Waals surface area (Å²) in [7, 11) is 0. The largest absolute Gasteiger partial charge is 0.300 e. The van der Waals surface area contributed by atoms with Crippen molar-refractivity contribution < 1.29 is 14.4 Å². The van der Waals surface area contributed by atoms with Crippen LogP contribution in [0.3, 0.4) is 0 Å². The minimum Gasteiger partial charge on any atom is -0.300 e. The molecular weight excluding hydrogens is 446 g/mol. The molecule has 0 bridgehead atoms. The van der Waals surface area contributed by atoms with Crippen LogP contribution in [-0.4, -0.2) is 33.6 Å². The summed E-state index contributed by atoms with van der Waals surface area (Å²) >= 11 is 1.35. The summed E-state index contributed by atoms with van der Waals surface area (Å²) in [4.78, 5) is 45.1. The van der Waals surface area contributed by atoms with Crippen molar-refractivity contribution in [3.05, 3.63) is 70.1 Å². The van der Waals surface area contributed by atoms with Gasteiger partial charge in [-0.1, -0.05) is 38.1 Å². The first-order valence-electron chi connectivity index (χ1n) is 11.8. The van der Waals surface area contributed by atoms with Crippen LogP contribution < -0.4 is 5.32 Å². The van der Waals surface area contributed by atoms with Crippen molar-refractivity contribution in [1.82, 2.24) is 9.88 Å². The van der Waals surface area contributed by atoms with Gasteiger partial charge in [-0.2, -0.15) is 0 Å². The third-order valence-electron chi connectivity index (χ3n) is 6.51. The minimum atomic E-state index is -0.900. The molecule has 1 N–H and O–H groups in total. The number of hydrogen-bond acceptors (Lipinski definition) is 5. The molecule has 0 saturated carbocycles. The first-order chi connectivity index (χ1) is 16.4. The van der Waals surface area contributed by atoms with Gasteiger partial charge in [0.05, 0.1) is 16.8 Å². The van der Waals surface area contributed by atoms with Gasteiger partial charge < -0.3 is 5.32 Å². The average Bonchev–Trinajstić information content (AvgIpc) is 3.40. The molecule has 3 amide bonds. The van der Waals surface area contributed by atoms with Gasteiger partial charge in [0, 0.05) is 10.9 Å². The molecule has 1 atom stereocenters. The van der Waals surface area contributed by atoms with E-state index in [9.17, 15) is 14.4 Å². The van der Waals surface area contributed by atoms with E-state index in [2.05, 4.69) is 28.5 Å². The molecule has 1 aromatic heterocycles. The highest BCUT2D eigenvalue weighted by Gasteiger charge is 2.42. The molecule has 0 spiro atoms. The molecule has 1 unspecified atom stereocenters. The normalized spacial score (nSPS) is 15.9. The third kappa shape index (κ3) is 4.16. The van der Waals surface area contributed by atoms with Gasteiger partial charge in [0.2, 0.25) is 5.91 Å². The molecule has 0 radical (unpaired) electrons. The smallest absolute Gasteiger partial charge is 0.262 e. The lowest BCUT2D eigenvalue weighted by Gasteiger charge is -2.26. The van der Waals surface area contributed by atoms with Gasteiger partial charge in [0.25, 0.3) is 11.8 Å². The topological polar surface area (TPSA) is 79.4 Å². The molecule has 174 valence electrons. The Labute approximate surface area is 203 Å². The summed E-state index contributed by atoms with van der Waals surface area (Å²) in [5, 5.41) is 5.26. The molecule has 0 saturated heterocycles. The van der Waals surface area contributed by atoms with E-state index in [4.69, 9.17) is 0 Å². The molecule has 2 aromatic carbocycles. The molecule has 34 heavy (non-hydrogen) atoms. The Morgan fingerprint density at radius 1 is 1.03 bits per heavy atom. The molecule has 1 aliphatic heterocycles. The van der Waals surface area contributed by atoms with Crippen molar-refractivity contribution in [3.63, 3.8) is 0 Å². The number of benzene rings is 2. The van der Waals surface area contributed by atoms with Gasteiger partial charge in [0.1, 0.15) is 6.04 Å². The number of anilines is 1. The van der Waals surface area contributed by atoms with Crippen LogP contribution in [0.5, 0.6) is 0 Å². The van der Waals surface area contributed by atoms with Crippen molar-refractivity contribution >= 4 is 34.2 Å². The van der Waals surface area contributed by atoms with Gasteiger partial charge in [-0.15, -0.1) is 11.3 Å². The van der Waals surface area contributed by atoms with Crippen LogP contribution >= 0.6 is 11.3 Å². The highest BCUT2D eigenvalue weighted by Crippen LogP contribution is 2.31. The number of aromatic nitrogens is 1. The number of aryl methyl sites for hydroxylation is 2. The van der Waals surface area contributed by atoms with Crippen LogP contribution in [0.1, 0.15) is 65.0 Å². The number of hydrogen-bond donors (Lipinski definition) is 1. The summed E-state index contributed by atoms with van der Waals surface area (Å²) in [5.41, 5.74) is 5.34. The van der Waals surface area contributed by atoms with Crippen LogP contribution in [0.4, 0.5) is 5.13 Å². The van der Waals surface area contributed by atoms with Gasteiger partial charge in [-0.05, 0) is 67.3 Å². The number of nitrogens with zero attached hydrogens (tertiary/aromatic N) is 2. The van der Waals surface area contributed by atoms with Crippen LogP contribution in [0.25, 0.3) is 11.3 Å². The third-order valence-corrected chi connectivity index (χ3v) is 7.27. The van der Waals surface area contributed by atoms with Gasteiger partial charge in [-0.25, -0.2) is 4.98 Å². The fourth-order valence-corrected chi connectivity index (χ4v) is 5.53. The number of amides is 3. The number of nitrogens with one attached hydrogen (secondary N) is 1. The van der Waals surface area contributed by atoms with E-state index in [1.165, 1.54) is 35.3 Å². The number of imide groups is 1. The van der Waals surface area contributed by atoms with Crippen molar-refractivity contribution in [3.8, 4) is 11.3 Å². The van der Waals surface area contributed by atoms with Crippen molar-refractivity contribution in [2.45, 2.75) is 52.0 Å². The lowest BCUT2D eigenvalue weighted by Crippen LogP contribution is -2.47. The molecule has 0 fully saturated rings. The maximum absolute atomic E-state index is 13.3. The zero-order valence-electron chi connectivity index (χ0n) is 19.3. The molecule has 6 nitrogen and oxygen atoms in total. The number of carbonyl (C=O) groups excluding carboxylic acids is 3. The number of carbonyl (C=O) groups is 3. The highest BCUT2D eigenvalue weighted by atomic mass is 32.1. The molecule has 1 aliphatic carbocycles. The van der Waals surface area contributed by atoms with E-state index < -0.39 is 23.8 Å². The molecule has 3 aromatic rings. The maximum atomic E-state index is 13.3. The Kier molecular flexibility index (Phi) is 6.04. The molecule has 5 rings (SSSR count). The Morgan fingerprint density at radius 2 is 1.71 bits per heavy atom. The zero-order chi connectivity index (χ0) is 23.8. The zero-order valence-corrected chi connectivity index (χ0v) is 20.2. The number of rotatable bonds is 6. The minimum absolute atomic E-state index is 0.113. The standard InChI is InChI=1S/C27H27N3O3S/c1-16(2)13-23(30-25(32)20-9-5-6-10-21(20)26(30)33)24(31)29-27-28-22(15-34-27)19-12-11-17-7-3-4-8-18(17)14-19/h5-6,9-12,14-16,23H,3-4,7-8,13H2,1-2H3,(H,28,29,31). The van der Waals surface area contributed by atoms with Crippen LogP contribution in [0.15, 0.2) is 47.8 Å². The molecule has 2 heterocycles. The van der Waals surface area contributed by atoms with Crippen LogP contribution in [0.2, 0.25) is 0 Å². The molecule has 7 heteroatoms. The SMILES string of the molecule is CC(C)CC(C(=O)Nc1nc(-c2ccc3c(c2)CCCC3)cs1)N1C(=O)c2ccccc2C1=O. The predicted octanol–water partition coefficient (Wildman–Crippen LogP) is 5.34. The maximum Gasteiger partial charge on any atom is 0.262 e. The van der Waals surface area contributed by atoms with Crippen molar-refractivity contribution in [2.75, 3.05) is 5.32 Å². The lowest BCUT2D eigenvalue weighted by molar-refractivity contribution is -0.120. The summed E-state index contributed by atoms with van der Waals surface area (Å²) in [6.45, 7) is 3.94. The van der Waals surface area contributed by atoms with E-state index in [-0.39, 0.29) is 5.92 Å². The second-order valence-electron chi connectivity index (χ2n) is 9.39. The predicted molar refractivity (Wildman–Crippen MR) is 133 cm³/mol. The molecular formula is C27H27N3O3S. The number of thiazole rings is 1. The fraction of sp³-hybridized carbons (Fsp3) is 0.333.